The number of amides is 2. The lowest BCUT2D eigenvalue weighted by Crippen LogP contribution is -2.43. The first-order valence-electron chi connectivity index (χ1n) is 8.16. The monoisotopic (exact) mass is 426 g/mol. The van der Waals surface area contributed by atoms with Crippen molar-refractivity contribution in [2.45, 2.75) is 12.5 Å². The van der Waals surface area contributed by atoms with Crippen molar-refractivity contribution in [2.75, 3.05) is 25.2 Å². The van der Waals surface area contributed by atoms with Gasteiger partial charge in [-0.05, 0) is 30.2 Å². The van der Waals surface area contributed by atoms with Crippen LogP contribution in [0.3, 0.4) is 0 Å². The first-order valence-corrected chi connectivity index (χ1v) is 11.2. The van der Waals surface area contributed by atoms with Crippen LogP contribution in [0.2, 0.25) is 0 Å². The summed E-state index contributed by atoms with van der Waals surface area (Å²) in [5, 5.41) is 2.67. The fourth-order valence-electron chi connectivity index (χ4n) is 2.81. The van der Waals surface area contributed by atoms with E-state index < -0.39 is 21.8 Å². The van der Waals surface area contributed by atoms with E-state index in [-0.39, 0.29) is 24.0 Å². The van der Waals surface area contributed by atoms with E-state index >= 15 is 0 Å². The summed E-state index contributed by atoms with van der Waals surface area (Å²) >= 11 is 6.35. The van der Waals surface area contributed by atoms with Crippen LogP contribution < -0.4 is 10.1 Å². The Hall–Kier alpha value is -1.91. The van der Waals surface area contributed by atoms with E-state index in [2.05, 4.69) is 5.32 Å². The third-order valence-corrected chi connectivity index (χ3v) is 7.33. The highest BCUT2D eigenvalue weighted by Gasteiger charge is 2.35. The number of nitrogens with one attached hydrogen (secondary N) is 1. The van der Waals surface area contributed by atoms with Crippen LogP contribution in [0, 0.1) is 0 Å². The largest absolute Gasteiger partial charge is 0.497 e. The fraction of sp³-hybridized carbons (Fsp3) is 0.353. The molecule has 1 N–H and O–H groups in total. The number of nitrogens with zero attached hydrogens (tertiary/aromatic N) is 1. The lowest BCUT2D eigenvalue weighted by Gasteiger charge is -2.16. The van der Waals surface area contributed by atoms with Gasteiger partial charge in [-0.25, -0.2) is 8.42 Å². The average Bonchev–Trinajstić information content (AvgIpc) is 3.09. The number of rotatable bonds is 5. The summed E-state index contributed by atoms with van der Waals surface area (Å²) in [4.78, 5) is 26.4. The number of methoxy groups -OCH3 is 1. The predicted molar refractivity (Wildman–Crippen MR) is 108 cm³/mol. The second kappa shape index (κ2) is 7.99. The number of carbonyl (C=O) groups is 2. The highest BCUT2D eigenvalue weighted by molar-refractivity contribution is 8.26. The zero-order chi connectivity index (χ0) is 19.6. The van der Waals surface area contributed by atoms with Crippen molar-refractivity contribution in [3.63, 3.8) is 0 Å². The Labute approximate surface area is 167 Å². The SMILES string of the molecule is COc1ccc(/C=C2/SC(=S)N(CC(=O)NC3CCS(=O)(=O)C3)C2=O)cc1. The summed E-state index contributed by atoms with van der Waals surface area (Å²) in [6, 6.07) is 6.80. The van der Waals surface area contributed by atoms with Gasteiger partial charge in [-0.2, -0.15) is 0 Å². The third-order valence-electron chi connectivity index (χ3n) is 4.19. The molecule has 0 radical (unpaired) electrons. The predicted octanol–water partition coefficient (Wildman–Crippen LogP) is 1.20. The number of carbonyl (C=O) groups excluding carboxylic acids is 2. The van der Waals surface area contributed by atoms with Crippen molar-refractivity contribution in [3.8, 4) is 5.75 Å². The molecule has 7 nitrogen and oxygen atoms in total. The minimum Gasteiger partial charge on any atom is -0.497 e. The fourth-order valence-corrected chi connectivity index (χ4v) is 5.74. The summed E-state index contributed by atoms with van der Waals surface area (Å²) in [7, 11) is -1.51. The highest BCUT2D eigenvalue weighted by atomic mass is 32.2. The van der Waals surface area contributed by atoms with E-state index in [1.165, 1.54) is 4.90 Å². The van der Waals surface area contributed by atoms with Crippen molar-refractivity contribution in [2.24, 2.45) is 0 Å². The van der Waals surface area contributed by atoms with E-state index in [1.807, 2.05) is 12.1 Å². The molecular weight excluding hydrogens is 408 g/mol. The molecule has 144 valence electrons. The first-order chi connectivity index (χ1) is 12.8. The Kier molecular flexibility index (Phi) is 5.87. The average molecular weight is 427 g/mol. The molecule has 2 aliphatic rings. The Morgan fingerprint density at radius 3 is 2.70 bits per heavy atom. The summed E-state index contributed by atoms with van der Waals surface area (Å²) in [6.45, 7) is -0.221. The Bertz CT molecular complexity index is 909. The lowest BCUT2D eigenvalue weighted by atomic mass is 10.2. The molecule has 2 aliphatic heterocycles. The van der Waals surface area contributed by atoms with E-state index in [9.17, 15) is 18.0 Å². The molecule has 2 heterocycles. The molecule has 10 heteroatoms. The summed E-state index contributed by atoms with van der Waals surface area (Å²) < 4.78 is 28.3. The Balaban J connectivity index is 1.63. The van der Waals surface area contributed by atoms with Gasteiger partial charge in [0.15, 0.2) is 9.84 Å². The Morgan fingerprint density at radius 1 is 1.41 bits per heavy atom. The van der Waals surface area contributed by atoms with Gasteiger partial charge in [0.25, 0.3) is 5.91 Å². The van der Waals surface area contributed by atoms with Crippen LogP contribution in [0.25, 0.3) is 6.08 Å². The standard InChI is InChI=1S/C17H18N2O5S3/c1-24-13-4-2-11(3-5-13)8-14-16(21)19(17(25)26-14)9-15(20)18-12-6-7-27(22,23)10-12/h2-5,8,12H,6-7,9-10H2,1H3,(H,18,20)/b14-8+. The van der Waals surface area contributed by atoms with Crippen LogP contribution in [-0.4, -0.2) is 60.7 Å². The molecule has 0 spiro atoms. The van der Waals surface area contributed by atoms with Gasteiger partial charge < -0.3 is 10.1 Å². The highest BCUT2D eigenvalue weighted by Crippen LogP contribution is 2.32. The van der Waals surface area contributed by atoms with Crippen LogP contribution in [0.5, 0.6) is 5.75 Å². The minimum atomic E-state index is -3.08. The van der Waals surface area contributed by atoms with E-state index in [4.69, 9.17) is 17.0 Å². The number of thioether (sulfide) groups is 1. The molecule has 1 atom stereocenters. The molecule has 0 aromatic heterocycles. The topological polar surface area (TPSA) is 92.8 Å². The van der Waals surface area contributed by atoms with Crippen molar-refractivity contribution in [1.82, 2.24) is 10.2 Å². The molecular formula is C17H18N2O5S3. The number of sulfone groups is 1. The second-order valence-corrected chi connectivity index (χ2v) is 10.1. The maximum Gasteiger partial charge on any atom is 0.266 e. The van der Waals surface area contributed by atoms with Crippen LogP contribution in [0.1, 0.15) is 12.0 Å². The summed E-state index contributed by atoms with van der Waals surface area (Å²) in [6.07, 6.45) is 2.10. The molecule has 2 fully saturated rings. The molecule has 2 saturated heterocycles. The van der Waals surface area contributed by atoms with Gasteiger partial charge in [0.05, 0.1) is 23.5 Å². The molecule has 0 bridgehead atoms. The van der Waals surface area contributed by atoms with Gasteiger partial charge in [0, 0.05) is 6.04 Å². The normalized spacial score (nSPS) is 23.1. The molecule has 27 heavy (non-hydrogen) atoms. The summed E-state index contributed by atoms with van der Waals surface area (Å²) in [5.41, 5.74) is 0.817. The van der Waals surface area contributed by atoms with Crippen molar-refractivity contribution in [1.29, 1.82) is 0 Å². The Morgan fingerprint density at radius 2 is 2.11 bits per heavy atom. The smallest absolute Gasteiger partial charge is 0.266 e. The summed E-state index contributed by atoms with van der Waals surface area (Å²) in [5.74, 6) is -0.0302. The molecule has 1 aromatic rings. The van der Waals surface area contributed by atoms with Crippen LogP contribution in [0.15, 0.2) is 29.2 Å². The number of ether oxygens (including phenoxy) is 1. The molecule has 2 amide bonds. The zero-order valence-electron chi connectivity index (χ0n) is 14.5. The van der Waals surface area contributed by atoms with Gasteiger partial charge in [-0.15, -0.1) is 0 Å². The van der Waals surface area contributed by atoms with Crippen molar-refractivity contribution >= 4 is 56.0 Å². The van der Waals surface area contributed by atoms with E-state index in [1.54, 1.807) is 25.3 Å². The van der Waals surface area contributed by atoms with Crippen molar-refractivity contribution < 1.29 is 22.7 Å². The van der Waals surface area contributed by atoms with Crippen LogP contribution in [-0.2, 0) is 19.4 Å². The van der Waals surface area contributed by atoms with Gasteiger partial charge >= 0.3 is 0 Å². The van der Waals surface area contributed by atoms with Gasteiger partial charge in [0.2, 0.25) is 5.91 Å². The third kappa shape index (κ3) is 4.88. The van der Waals surface area contributed by atoms with E-state index in [0.717, 1.165) is 17.3 Å². The minimum absolute atomic E-state index is 0.0610. The van der Waals surface area contributed by atoms with Crippen molar-refractivity contribution in [3.05, 3.63) is 34.7 Å². The molecule has 1 unspecified atom stereocenters. The quantitative estimate of drug-likeness (QED) is 0.559. The van der Waals surface area contributed by atoms with Crippen LogP contribution >= 0.6 is 24.0 Å². The van der Waals surface area contributed by atoms with Gasteiger partial charge in [-0.3, -0.25) is 14.5 Å². The lowest BCUT2D eigenvalue weighted by molar-refractivity contribution is -0.129. The number of hydrogen-bond acceptors (Lipinski definition) is 7. The van der Waals surface area contributed by atoms with Gasteiger partial charge in [-0.1, -0.05) is 36.1 Å². The van der Waals surface area contributed by atoms with Crippen LogP contribution in [0.4, 0.5) is 0 Å². The van der Waals surface area contributed by atoms with E-state index in [0.29, 0.717) is 21.4 Å². The maximum atomic E-state index is 12.6. The van der Waals surface area contributed by atoms with Gasteiger partial charge in [0.1, 0.15) is 16.6 Å². The number of benzene rings is 1. The molecule has 3 rings (SSSR count). The maximum absolute atomic E-state index is 12.6. The second-order valence-electron chi connectivity index (χ2n) is 6.21. The number of thiocarbonyl (C=S) groups is 1. The molecule has 0 saturated carbocycles. The first kappa shape index (κ1) is 19.8. The molecule has 1 aromatic carbocycles. The number of hydrogen-bond donors (Lipinski definition) is 1. The molecule has 0 aliphatic carbocycles. The zero-order valence-corrected chi connectivity index (χ0v) is 17.0.